The van der Waals surface area contributed by atoms with Gasteiger partial charge in [0.05, 0.1) is 22.6 Å². The number of hydrogen-bond donors (Lipinski definition) is 0. The molecule has 35 heavy (non-hydrogen) atoms. The van der Waals surface area contributed by atoms with Crippen LogP contribution >= 0.6 is 11.6 Å². The topological polar surface area (TPSA) is 79.8 Å². The molecule has 1 saturated carbocycles. The predicted molar refractivity (Wildman–Crippen MR) is 134 cm³/mol. The SMILES string of the molecule is Cc1c(Cl)cccc1S(=O)(=O)N1CCCC2(CCN(C3CCC(Oc4cccnc4)CC3)C2=O)C1. The maximum atomic E-state index is 13.7. The first kappa shape index (κ1) is 24.5. The Hall–Kier alpha value is -2.16. The highest BCUT2D eigenvalue weighted by atomic mass is 35.5. The van der Waals surface area contributed by atoms with E-state index in [1.807, 2.05) is 17.0 Å². The summed E-state index contributed by atoms with van der Waals surface area (Å²) in [6.07, 6.45) is 9.31. The Labute approximate surface area is 212 Å². The molecule has 2 aromatic rings. The Kier molecular flexibility index (Phi) is 6.81. The summed E-state index contributed by atoms with van der Waals surface area (Å²) in [4.78, 5) is 20.1. The number of amides is 1. The summed E-state index contributed by atoms with van der Waals surface area (Å²) in [5.41, 5.74) is -0.0701. The van der Waals surface area contributed by atoms with Crippen molar-refractivity contribution in [1.82, 2.24) is 14.2 Å². The summed E-state index contributed by atoms with van der Waals surface area (Å²) < 4.78 is 34.6. The number of sulfonamides is 1. The second kappa shape index (κ2) is 9.71. The van der Waals surface area contributed by atoms with E-state index >= 15 is 0 Å². The van der Waals surface area contributed by atoms with Crippen LogP contribution < -0.4 is 4.74 Å². The van der Waals surface area contributed by atoms with Crippen molar-refractivity contribution in [3.8, 4) is 5.75 Å². The molecule has 2 aliphatic heterocycles. The molecule has 2 saturated heterocycles. The Balaban J connectivity index is 1.25. The fourth-order valence-corrected chi connectivity index (χ4v) is 8.00. The Morgan fingerprint density at radius 2 is 1.89 bits per heavy atom. The monoisotopic (exact) mass is 517 g/mol. The molecule has 3 aliphatic rings. The van der Waals surface area contributed by atoms with Crippen LogP contribution in [0.1, 0.15) is 50.5 Å². The van der Waals surface area contributed by atoms with Gasteiger partial charge < -0.3 is 9.64 Å². The van der Waals surface area contributed by atoms with E-state index in [-0.39, 0.29) is 29.5 Å². The minimum absolute atomic E-state index is 0.122. The van der Waals surface area contributed by atoms with Gasteiger partial charge in [-0.25, -0.2) is 8.42 Å². The largest absolute Gasteiger partial charge is 0.489 e. The van der Waals surface area contributed by atoms with E-state index in [1.54, 1.807) is 37.5 Å². The van der Waals surface area contributed by atoms with Crippen LogP contribution in [0.25, 0.3) is 0 Å². The van der Waals surface area contributed by atoms with Gasteiger partial charge in [0, 0.05) is 36.9 Å². The van der Waals surface area contributed by atoms with Crippen LogP contribution in [0.15, 0.2) is 47.6 Å². The molecule has 1 aromatic heterocycles. The van der Waals surface area contributed by atoms with Gasteiger partial charge in [-0.1, -0.05) is 17.7 Å². The molecule has 7 nitrogen and oxygen atoms in total. The van der Waals surface area contributed by atoms with Crippen molar-refractivity contribution >= 4 is 27.5 Å². The molecular weight excluding hydrogens is 486 g/mol. The lowest BCUT2D eigenvalue weighted by atomic mass is 9.79. The summed E-state index contributed by atoms with van der Waals surface area (Å²) in [5.74, 6) is 0.905. The zero-order valence-corrected chi connectivity index (χ0v) is 21.6. The van der Waals surface area contributed by atoms with Crippen LogP contribution in [0.2, 0.25) is 5.02 Å². The number of nitrogens with zero attached hydrogens (tertiary/aromatic N) is 3. The van der Waals surface area contributed by atoms with E-state index in [2.05, 4.69) is 4.98 Å². The third-order valence-corrected chi connectivity index (χ3v) is 10.3. The number of hydrogen-bond acceptors (Lipinski definition) is 5. The molecule has 5 rings (SSSR count). The van der Waals surface area contributed by atoms with E-state index in [9.17, 15) is 13.2 Å². The van der Waals surface area contributed by atoms with E-state index in [0.29, 0.717) is 36.5 Å². The highest BCUT2D eigenvalue weighted by Crippen LogP contribution is 2.44. The quantitative estimate of drug-likeness (QED) is 0.586. The number of ether oxygens (including phenoxy) is 1. The molecule has 1 atom stereocenters. The maximum Gasteiger partial charge on any atom is 0.243 e. The number of aromatic nitrogens is 1. The van der Waals surface area contributed by atoms with Crippen molar-refractivity contribution in [2.75, 3.05) is 19.6 Å². The van der Waals surface area contributed by atoms with Crippen LogP contribution in [0.5, 0.6) is 5.75 Å². The fourth-order valence-electron chi connectivity index (χ4n) is 5.96. The Morgan fingerprint density at radius 3 is 2.63 bits per heavy atom. The fraction of sp³-hybridized carbons (Fsp3) is 0.538. The van der Waals surface area contributed by atoms with Gasteiger partial charge in [0.15, 0.2) is 0 Å². The van der Waals surface area contributed by atoms with Gasteiger partial charge in [-0.15, -0.1) is 0 Å². The van der Waals surface area contributed by atoms with Crippen molar-refractivity contribution in [3.05, 3.63) is 53.3 Å². The molecule has 1 amide bonds. The molecular formula is C26H32ClN3O4S. The molecule has 1 unspecified atom stereocenters. The zero-order valence-electron chi connectivity index (χ0n) is 20.0. The smallest absolute Gasteiger partial charge is 0.243 e. The number of piperidine rings is 1. The van der Waals surface area contributed by atoms with Crippen LogP contribution in [-0.2, 0) is 14.8 Å². The number of pyridine rings is 1. The second-order valence-corrected chi connectivity index (χ2v) is 12.4. The molecule has 0 bridgehead atoms. The zero-order chi connectivity index (χ0) is 24.6. The average molecular weight is 518 g/mol. The molecule has 0 N–H and O–H groups in total. The summed E-state index contributed by atoms with van der Waals surface area (Å²) in [6, 6.07) is 8.94. The number of rotatable bonds is 5. The van der Waals surface area contributed by atoms with Gasteiger partial charge in [0.1, 0.15) is 5.75 Å². The molecule has 3 heterocycles. The van der Waals surface area contributed by atoms with E-state index in [1.165, 1.54) is 4.31 Å². The van der Waals surface area contributed by atoms with E-state index in [4.69, 9.17) is 16.3 Å². The minimum Gasteiger partial charge on any atom is -0.489 e. The highest BCUT2D eigenvalue weighted by Gasteiger charge is 2.52. The summed E-state index contributed by atoms with van der Waals surface area (Å²) in [7, 11) is -3.72. The van der Waals surface area contributed by atoms with Gasteiger partial charge in [-0.2, -0.15) is 4.31 Å². The first-order valence-corrected chi connectivity index (χ1v) is 14.2. The lowest BCUT2D eigenvalue weighted by molar-refractivity contribution is -0.140. The molecule has 1 spiro atoms. The van der Waals surface area contributed by atoms with Gasteiger partial charge >= 0.3 is 0 Å². The lowest BCUT2D eigenvalue weighted by Crippen LogP contribution is -2.51. The Morgan fingerprint density at radius 1 is 1.09 bits per heavy atom. The van der Waals surface area contributed by atoms with Crippen LogP contribution in [0.3, 0.4) is 0 Å². The van der Waals surface area contributed by atoms with Crippen LogP contribution in [0.4, 0.5) is 0 Å². The number of carbonyl (C=O) groups excluding carboxylic acids is 1. The van der Waals surface area contributed by atoms with Crippen molar-refractivity contribution in [2.45, 2.75) is 68.9 Å². The lowest BCUT2D eigenvalue weighted by Gasteiger charge is -2.40. The van der Waals surface area contributed by atoms with Crippen molar-refractivity contribution in [1.29, 1.82) is 0 Å². The molecule has 0 radical (unpaired) electrons. The van der Waals surface area contributed by atoms with Gasteiger partial charge in [-0.3, -0.25) is 9.78 Å². The predicted octanol–water partition coefficient (Wildman–Crippen LogP) is 4.44. The molecule has 3 fully saturated rings. The van der Waals surface area contributed by atoms with Crippen molar-refractivity contribution in [2.24, 2.45) is 5.41 Å². The molecule has 188 valence electrons. The molecule has 1 aliphatic carbocycles. The van der Waals surface area contributed by atoms with Crippen molar-refractivity contribution in [3.63, 3.8) is 0 Å². The molecule has 1 aromatic carbocycles. The van der Waals surface area contributed by atoms with Gasteiger partial charge in [0.2, 0.25) is 15.9 Å². The number of halogens is 1. The van der Waals surface area contributed by atoms with Crippen LogP contribution in [-0.4, -0.2) is 60.3 Å². The second-order valence-electron chi connectivity index (χ2n) is 10.1. The Bertz CT molecular complexity index is 1180. The third-order valence-electron chi connectivity index (χ3n) is 7.95. The highest BCUT2D eigenvalue weighted by molar-refractivity contribution is 7.89. The summed E-state index contributed by atoms with van der Waals surface area (Å²) in [5, 5.41) is 0.434. The molecule has 9 heteroatoms. The van der Waals surface area contributed by atoms with Crippen molar-refractivity contribution < 1.29 is 17.9 Å². The number of likely N-dealkylation sites (tertiary alicyclic amines) is 1. The normalized spacial score (nSPS) is 27.9. The van der Waals surface area contributed by atoms with Gasteiger partial charge in [-0.05, 0) is 81.7 Å². The maximum absolute atomic E-state index is 13.7. The number of benzene rings is 1. The van der Waals surface area contributed by atoms with E-state index < -0.39 is 15.4 Å². The van der Waals surface area contributed by atoms with Crippen LogP contribution in [0, 0.1) is 12.3 Å². The number of carbonyl (C=O) groups is 1. The van der Waals surface area contributed by atoms with E-state index in [0.717, 1.165) is 37.9 Å². The summed E-state index contributed by atoms with van der Waals surface area (Å²) >= 11 is 6.21. The average Bonchev–Trinajstić information content (AvgIpc) is 3.17. The summed E-state index contributed by atoms with van der Waals surface area (Å²) in [6.45, 7) is 3.10. The first-order valence-electron chi connectivity index (χ1n) is 12.4. The first-order chi connectivity index (χ1) is 16.8. The third kappa shape index (κ3) is 4.68. The standard InChI is InChI=1S/C26H32ClN3O4S/c1-19-23(27)6-2-7-24(19)35(32,33)29-15-4-12-26(18-29)13-16-30(25(26)31)20-8-10-21(11-9-20)34-22-5-3-14-28-17-22/h2-3,5-7,14,17,20-21H,4,8-13,15-16,18H2,1H3. The minimum atomic E-state index is -3.72. The van der Waals surface area contributed by atoms with Gasteiger partial charge in [0.25, 0.3) is 0 Å².